The molecule has 0 spiro atoms. The van der Waals surface area contributed by atoms with E-state index in [1.54, 1.807) is 13.0 Å². The summed E-state index contributed by atoms with van der Waals surface area (Å²) in [6, 6.07) is 10.6. The zero-order chi connectivity index (χ0) is 28.2. The highest BCUT2D eigenvalue weighted by Gasteiger charge is 2.27. The number of hydrogen-bond acceptors (Lipinski definition) is 8. The van der Waals surface area contributed by atoms with E-state index in [1.807, 2.05) is 30.3 Å². The van der Waals surface area contributed by atoms with Crippen molar-refractivity contribution in [2.45, 2.75) is 42.9 Å². The summed E-state index contributed by atoms with van der Waals surface area (Å²) >= 11 is 3.04. The highest BCUT2D eigenvalue weighted by molar-refractivity contribution is 8.21. The molecule has 4 N–H and O–H groups in total. The molecule has 1 aromatic carbocycles. The van der Waals surface area contributed by atoms with Crippen LogP contribution in [-0.4, -0.2) is 57.0 Å². The smallest absolute Gasteiger partial charge is 0.330 e. The lowest BCUT2D eigenvalue weighted by Gasteiger charge is -2.23. The van der Waals surface area contributed by atoms with Gasteiger partial charge < -0.3 is 25.7 Å². The number of rotatable bonds is 13. The van der Waals surface area contributed by atoms with E-state index in [1.165, 1.54) is 52.5 Å². The second-order valence-corrected chi connectivity index (χ2v) is 11.4. The Balaban J connectivity index is 1.89. The predicted octanol–water partition coefficient (Wildman–Crippen LogP) is 2.25. The molecule has 0 unspecified atom stereocenters. The summed E-state index contributed by atoms with van der Waals surface area (Å²) < 4.78 is 5.89. The summed E-state index contributed by atoms with van der Waals surface area (Å²) in [6.07, 6.45) is 4.42. The second kappa shape index (κ2) is 15.2. The van der Waals surface area contributed by atoms with Crippen molar-refractivity contribution in [2.24, 2.45) is 5.73 Å². The fourth-order valence-electron chi connectivity index (χ4n) is 3.89. The summed E-state index contributed by atoms with van der Waals surface area (Å²) in [5.74, 6) is -0.190. The normalized spacial score (nSPS) is 15.0. The number of carbonyl (C=O) groups is 4. The molecule has 2 heterocycles. The fourth-order valence-corrected chi connectivity index (χ4v) is 6.47. The van der Waals surface area contributed by atoms with Crippen LogP contribution >= 0.6 is 23.5 Å². The molecule has 0 radical (unpaired) electrons. The van der Waals surface area contributed by atoms with E-state index in [4.69, 9.17) is 10.5 Å². The first-order valence-electron chi connectivity index (χ1n) is 12.5. The number of nitrogens with two attached hydrogens (primary N) is 1. The van der Waals surface area contributed by atoms with E-state index >= 15 is 0 Å². The topological polar surface area (TPSA) is 150 Å². The van der Waals surface area contributed by atoms with Gasteiger partial charge in [0, 0.05) is 42.7 Å². The van der Waals surface area contributed by atoms with Crippen LogP contribution in [0.5, 0.6) is 0 Å². The van der Waals surface area contributed by atoms with Crippen LogP contribution in [0.1, 0.15) is 31.4 Å². The molecule has 0 aliphatic carbocycles. The van der Waals surface area contributed by atoms with Crippen LogP contribution in [0.3, 0.4) is 0 Å². The first-order chi connectivity index (χ1) is 18.8. The number of hydrogen-bond donors (Lipinski definition) is 3. The lowest BCUT2D eigenvalue weighted by molar-refractivity contribution is -0.137. The molecule has 3 rings (SSSR count). The molecule has 1 fully saturated rings. The third-order valence-electron chi connectivity index (χ3n) is 5.76. The van der Waals surface area contributed by atoms with Crippen LogP contribution in [0, 0.1) is 0 Å². The van der Waals surface area contributed by atoms with Crippen LogP contribution in [0.25, 0.3) is 0 Å². The zero-order valence-corrected chi connectivity index (χ0v) is 23.2. The number of benzene rings is 1. The molecule has 2 aromatic rings. The molecule has 3 amide bonds. The number of esters is 1. The number of amides is 3. The molecule has 39 heavy (non-hydrogen) atoms. The lowest BCUT2D eigenvalue weighted by atomic mass is 10.0. The van der Waals surface area contributed by atoms with Gasteiger partial charge >= 0.3 is 5.97 Å². The highest BCUT2D eigenvalue weighted by Crippen LogP contribution is 2.32. The number of pyridine rings is 1. The molecule has 0 saturated carbocycles. The number of nitrogens with zero attached hydrogens (tertiary/aromatic N) is 1. The summed E-state index contributed by atoms with van der Waals surface area (Å²) in [5, 5.41) is 5.53. The Labute approximate surface area is 235 Å². The number of nitrogens with one attached hydrogen (secondary N) is 2. The van der Waals surface area contributed by atoms with Crippen LogP contribution in [0.4, 0.5) is 5.69 Å². The van der Waals surface area contributed by atoms with Crippen molar-refractivity contribution >= 4 is 52.9 Å². The Kier molecular flexibility index (Phi) is 11.7. The van der Waals surface area contributed by atoms with Crippen molar-refractivity contribution in [1.82, 2.24) is 9.88 Å². The quantitative estimate of drug-likeness (QED) is 0.244. The van der Waals surface area contributed by atoms with Gasteiger partial charge in [-0.15, -0.1) is 23.5 Å². The molecule has 1 saturated heterocycles. The molecule has 10 nitrogen and oxygen atoms in total. The van der Waals surface area contributed by atoms with Crippen molar-refractivity contribution in [3.05, 3.63) is 76.7 Å². The summed E-state index contributed by atoms with van der Waals surface area (Å²) in [7, 11) is 0. The maximum atomic E-state index is 13.6. The molecular weight excluding hydrogens is 540 g/mol. The van der Waals surface area contributed by atoms with Crippen molar-refractivity contribution in [1.29, 1.82) is 0 Å². The third-order valence-corrected chi connectivity index (χ3v) is 8.75. The average molecular weight is 573 g/mol. The molecule has 1 aliphatic heterocycles. The fraction of sp³-hybridized carbons (Fsp3) is 0.370. The van der Waals surface area contributed by atoms with Gasteiger partial charge in [-0.05, 0) is 31.0 Å². The van der Waals surface area contributed by atoms with Crippen LogP contribution in [-0.2, 0) is 30.3 Å². The summed E-state index contributed by atoms with van der Waals surface area (Å²) in [6.45, 7) is 1.86. The van der Waals surface area contributed by atoms with Gasteiger partial charge in [0.05, 0.1) is 6.61 Å². The van der Waals surface area contributed by atoms with Crippen LogP contribution in [0.2, 0.25) is 0 Å². The minimum atomic E-state index is -0.987. The number of carbonyl (C=O) groups excluding carboxylic acids is 4. The molecular formula is C27H32N4O6S2. The standard InChI is InChI=1S/C27H32N4O6S2/c1-2-37-23(33)13-11-19(10-12-22(28)32)29-24(34)21(17-18-7-4-3-5-8-18)31-14-6-9-20(26(31)36)30-25(35)27-38-15-16-39-27/h3-9,11,13-14,19,21,27H,2,10,12,15-17H2,1H3,(H2,28,32)(H,29,34)(H,30,35)/b13-11+/t19-,21-/m0/s1. The van der Waals surface area contributed by atoms with E-state index < -0.39 is 35.4 Å². The Bertz CT molecular complexity index is 1240. The van der Waals surface area contributed by atoms with Gasteiger partial charge in [0.25, 0.3) is 5.56 Å². The monoisotopic (exact) mass is 572 g/mol. The van der Waals surface area contributed by atoms with E-state index in [-0.39, 0.29) is 42.0 Å². The summed E-state index contributed by atoms with van der Waals surface area (Å²) in [4.78, 5) is 63.0. The Hall–Kier alpha value is -3.51. The Morgan fingerprint density at radius 3 is 2.51 bits per heavy atom. The van der Waals surface area contributed by atoms with Gasteiger partial charge in [0.2, 0.25) is 17.7 Å². The molecule has 1 aliphatic rings. The van der Waals surface area contributed by atoms with Crippen molar-refractivity contribution in [2.75, 3.05) is 23.4 Å². The van der Waals surface area contributed by atoms with Gasteiger partial charge in [-0.3, -0.25) is 19.2 Å². The van der Waals surface area contributed by atoms with Crippen LogP contribution in [0.15, 0.2) is 65.6 Å². The van der Waals surface area contributed by atoms with Crippen LogP contribution < -0.4 is 21.9 Å². The molecule has 12 heteroatoms. The zero-order valence-electron chi connectivity index (χ0n) is 21.5. The van der Waals surface area contributed by atoms with E-state index in [0.29, 0.717) is 0 Å². The van der Waals surface area contributed by atoms with Gasteiger partial charge in [0.1, 0.15) is 16.3 Å². The Morgan fingerprint density at radius 1 is 1.13 bits per heavy atom. The largest absolute Gasteiger partial charge is 0.463 e. The minimum absolute atomic E-state index is 0.0277. The highest BCUT2D eigenvalue weighted by atomic mass is 32.2. The van der Waals surface area contributed by atoms with Gasteiger partial charge in [0.15, 0.2) is 0 Å². The third kappa shape index (κ3) is 9.32. The van der Waals surface area contributed by atoms with Gasteiger partial charge in [-0.25, -0.2) is 4.79 Å². The lowest BCUT2D eigenvalue weighted by Crippen LogP contribution is -2.43. The maximum Gasteiger partial charge on any atom is 0.330 e. The predicted molar refractivity (Wildman–Crippen MR) is 153 cm³/mol. The second-order valence-electron chi connectivity index (χ2n) is 8.63. The van der Waals surface area contributed by atoms with Gasteiger partial charge in [-0.1, -0.05) is 36.4 Å². The van der Waals surface area contributed by atoms with Crippen molar-refractivity contribution in [3.8, 4) is 0 Å². The number of primary amides is 1. The first kappa shape index (κ1) is 30.0. The minimum Gasteiger partial charge on any atom is -0.463 e. The SMILES string of the molecule is CCOC(=O)/C=C/[C@H](CCC(N)=O)NC(=O)[C@H](Cc1ccccc1)n1cccc(NC(=O)C2SCCS2)c1=O. The average Bonchev–Trinajstić information content (AvgIpc) is 3.46. The molecule has 208 valence electrons. The molecule has 1 aromatic heterocycles. The van der Waals surface area contributed by atoms with Crippen molar-refractivity contribution in [3.63, 3.8) is 0 Å². The Morgan fingerprint density at radius 2 is 1.85 bits per heavy atom. The number of ether oxygens (including phenoxy) is 1. The maximum absolute atomic E-state index is 13.6. The van der Waals surface area contributed by atoms with E-state index in [9.17, 15) is 24.0 Å². The van der Waals surface area contributed by atoms with Gasteiger partial charge in [-0.2, -0.15) is 0 Å². The van der Waals surface area contributed by atoms with E-state index in [0.717, 1.165) is 17.1 Å². The van der Waals surface area contributed by atoms with Crippen molar-refractivity contribution < 1.29 is 23.9 Å². The first-order valence-corrected chi connectivity index (χ1v) is 14.6. The molecule has 0 bridgehead atoms. The summed E-state index contributed by atoms with van der Waals surface area (Å²) in [5.41, 5.74) is 5.67. The molecule has 2 atom stereocenters. The van der Waals surface area contributed by atoms with E-state index in [2.05, 4.69) is 10.6 Å². The number of anilines is 1. The number of thioether (sulfide) groups is 2. The number of aromatic nitrogens is 1.